The molecule has 0 spiro atoms. The zero-order valence-electron chi connectivity index (χ0n) is 10.6. The number of azo groups is 1. The number of hydrogen-bond donors (Lipinski definition) is 2. The molecular formula is C11H16N6S. The summed E-state index contributed by atoms with van der Waals surface area (Å²) in [6.45, 7) is 3.75. The number of pyridine rings is 1. The van der Waals surface area contributed by atoms with E-state index in [-0.39, 0.29) is 6.04 Å². The van der Waals surface area contributed by atoms with Gasteiger partial charge in [0.1, 0.15) is 6.04 Å². The van der Waals surface area contributed by atoms with Crippen LogP contribution in [0.5, 0.6) is 0 Å². The fourth-order valence-electron chi connectivity index (χ4n) is 0.930. The van der Waals surface area contributed by atoms with Gasteiger partial charge in [0.05, 0.1) is 5.71 Å². The fourth-order valence-corrected chi connectivity index (χ4v) is 0.976. The molecule has 0 aliphatic carbocycles. The van der Waals surface area contributed by atoms with Crippen LogP contribution in [0.1, 0.15) is 13.8 Å². The van der Waals surface area contributed by atoms with Gasteiger partial charge >= 0.3 is 0 Å². The second kappa shape index (κ2) is 7.44. The van der Waals surface area contributed by atoms with Crippen LogP contribution in [0.4, 0.5) is 5.82 Å². The van der Waals surface area contributed by atoms with Gasteiger partial charge in [-0.1, -0.05) is 6.07 Å². The SMILES string of the molecule is CNC(=S)NN=C(C)C(C)N=Nc1ccccn1. The molecule has 0 amide bonds. The van der Waals surface area contributed by atoms with Crippen LogP contribution in [-0.2, 0) is 0 Å². The van der Waals surface area contributed by atoms with Crippen LogP contribution in [-0.4, -0.2) is 28.9 Å². The van der Waals surface area contributed by atoms with Crippen LogP contribution in [0.2, 0.25) is 0 Å². The maximum Gasteiger partial charge on any atom is 0.186 e. The number of thiocarbonyl (C=S) groups is 1. The number of rotatable bonds is 4. The molecule has 0 aliphatic rings. The monoisotopic (exact) mass is 264 g/mol. The molecule has 0 bridgehead atoms. The summed E-state index contributed by atoms with van der Waals surface area (Å²) in [6, 6.07) is 5.34. The number of hydrazone groups is 1. The molecule has 0 radical (unpaired) electrons. The van der Waals surface area contributed by atoms with Gasteiger partial charge in [0, 0.05) is 13.2 Å². The van der Waals surface area contributed by atoms with E-state index in [1.54, 1.807) is 19.3 Å². The predicted molar refractivity (Wildman–Crippen MR) is 76.1 cm³/mol. The highest BCUT2D eigenvalue weighted by molar-refractivity contribution is 7.80. The molecule has 0 saturated carbocycles. The lowest BCUT2D eigenvalue weighted by molar-refractivity contribution is 0.856. The van der Waals surface area contributed by atoms with E-state index >= 15 is 0 Å². The first-order chi connectivity index (χ1) is 8.63. The zero-order chi connectivity index (χ0) is 13.4. The molecule has 1 unspecified atom stereocenters. The highest BCUT2D eigenvalue weighted by Gasteiger charge is 2.04. The highest BCUT2D eigenvalue weighted by atomic mass is 32.1. The Balaban J connectivity index is 2.57. The average molecular weight is 264 g/mol. The molecule has 2 N–H and O–H groups in total. The summed E-state index contributed by atoms with van der Waals surface area (Å²) < 4.78 is 0. The van der Waals surface area contributed by atoms with Gasteiger partial charge in [0.25, 0.3) is 0 Å². The molecule has 1 aromatic heterocycles. The Morgan fingerprint density at radius 2 is 2.22 bits per heavy atom. The zero-order valence-corrected chi connectivity index (χ0v) is 11.4. The van der Waals surface area contributed by atoms with Crippen molar-refractivity contribution < 1.29 is 0 Å². The number of aromatic nitrogens is 1. The maximum absolute atomic E-state index is 4.91. The maximum atomic E-state index is 4.91. The lowest BCUT2D eigenvalue weighted by Gasteiger charge is -2.06. The standard InChI is InChI=1S/C11H16N6S/c1-8(9(2)15-17-11(18)12-3)14-16-10-6-4-5-7-13-10/h4-8H,1-3H3,(H2,12,17,18). The summed E-state index contributed by atoms with van der Waals surface area (Å²) in [5.74, 6) is 0.579. The van der Waals surface area contributed by atoms with Crippen LogP contribution in [0, 0.1) is 0 Å². The molecule has 7 heteroatoms. The van der Waals surface area contributed by atoms with E-state index in [1.807, 2.05) is 26.0 Å². The van der Waals surface area contributed by atoms with E-state index in [1.165, 1.54) is 0 Å². The minimum Gasteiger partial charge on any atom is -0.364 e. The molecular weight excluding hydrogens is 248 g/mol. The molecule has 0 saturated heterocycles. The molecule has 0 aliphatic heterocycles. The fraction of sp³-hybridized carbons (Fsp3) is 0.364. The molecule has 96 valence electrons. The van der Waals surface area contributed by atoms with Crippen molar-refractivity contribution in [2.24, 2.45) is 15.3 Å². The van der Waals surface area contributed by atoms with E-state index in [0.717, 1.165) is 5.71 Å². The van der Waals surface area contributed by atoms with Gasteiger partial charge in [-0.3, -0.25) is 5.43 Å². The van der Waals surface area contributed by atoms with Gasteiger partial charge in [-0.25, -0.2) is 4.98 Å². The van der Waals surface area contributed by atoms with E-state index < -0.39 is 0 Å². The van der Waals surface area contributed by atoms with Crippen LogP contribution >= 0.6 is 12.2 Å². The normalized spacial score (nSPS) is 13.4. The first-order valence-corrected chi connectivity index (χ1v) is 5.88. The van der Waals surface area contributed by atoms with Crippen molar-refractivity contribution in [3.8, 4) is 0 Å². The van der Waals surface area contributed by atoms with Crippen LogP contribution < -0.4 is 10.7 Å². The summed E-state index contributed by atoms with van der Waals surface area (Å²) in [7, 11) is 1.73. The minimum absolute atomic E-state index is 0.140. The summed E-state index contributed by atoms with van der Waals surface area (Å²) >= 11 is 4.91. The third-order valence-electron chi connectivity index (χ3n) is 2.15. The van der Waals surface area contributed by atoms with Gasteiger partial charge in [-0.2, -0.15) is 10.2 Å². The average Bonchev–Trinajstić information content (AvgIpc) is 2.42. The van der Waals surface area contributed by atoms with Gasteiger partial charge in [0.15, 0.2) is 10.9 Å². The Hall–Kier alpha value is -1.89. The number of hydrogen-bond acceptors (Lipinski definition) is 5. The summed E-state index contributed by atoms with van der Waals surface area (Å²) in [5.41, 5.74) is 3.49. The smallest absolute Gasteiger partial charge is 0.186 e. The number of nitrogens with one attached hydrogen (secondary N) is 2. The second-order valence-corrected chi connectivity index (χ2v) is 3.93. The largest absolute Gasteiger partial charge is 0.364 e. The van der Waals surface area contributed by atoms with Gasteiger partial charge in [-0.05, 0) is 38.2 Å². The van der Waals surface area contributed by atoms with Crippen LogP contribution in [0.15, 0.2) is 39.7 Å². The lowest BCUT2D eigenvalue weighted by Crippen LogP contribution is -2.30. The highest BCUT2D eigenvalue weighted by Crippen LogP contribution is 2.07. The van der Waals surface area contributed by atoms with Crippen molar-refractivity contribution in [1.29, 1.82) is 0 Å². The van der Waals surface area contributed by atoms with Crippen LogP contribution in [0.25, 0.3) is 0 Å². The van der Waals surface area contributed by atoms with Gasteiger partial charge < -0.3 is 5.32 Å². The van der Waals surface area contributed by atoms with E-state index in [9.17, 15) is 0 Å². The Morgan fingerprint density at radius 3 is 2.83 bits per heavy atom. The third-order valence-corrected chi connectivity index (χ3v) is 2.44. The Morgan fingerprint density at radius 1 is 1.44 bits per heavy atom. The second-order valence-electron chi connectivity index (χ2n) is 3.52. The first-order valence-electron chi connectivity index (χ1n) is 5.47. The topological polar surface area (TPSA) is 74.0 Å². The minimum atomic E-state index is -0.140. The third kappa shape index (κ3) is 4.96. The van der Waals surface area contributed by atoms with Crippen LogP contribution in [0.3, 0.4) is 0 Å². The van der Waals surface area contributed by atoms with Crippen molar-refractivity contribution in [2.75, 3.05) is 7.05 Å². The molecule has 1 rings (SSSR count). The van der Waals surface area contributed by atoms with Crippen molar-refractivity contribution in [3.05, 3.63) is 24.4 Å². The van der Waals surface area contributed by atoms with E-state index in [2.05, 4.69) is 31.1 Å². The van der Waals surface area contributed by atoms with Crippen molar-refractivity contribution in [2.45, 2.75) is 19.9 Å². The van der Waals surface area contributed by atoms with Crippen molar-refractivity contribution in [3.63, 3.8) is 0 Å². The summed E-state index contributed by atoms with van der Waals surface area (Å²) in [5, 5.41) is 15.5. The Bertz CT molecular complexity index is 442. The van der Waals surface area contributed by atoms with E-state index in [4.69, 9.17) is 12.2 Å². The molecule has 0 aromatic carbocycles. The molecule has 0 fully saturated rings. The quantitative estimate of drug-likeness (QED) is 0.377. The van der Waals surface area contributed by atoms with E-state index in [0.29, 0.717) is 10.9 Å². The summed E-state index contributed by atoms with van der Waals surface area (Å²) in [6.07, 6.45) is 1.67. The van der Waals surface area contributed by atoms with Gasteiger partial charge in [-0.15, -0.1) is 5.11 Å². The number of nitrogens with zero attached hydrogens (tertiary/aromatic N) is 4. The lowest BCUT2D eigenvalue weighted by atomic mass is 10.2. The molecule has 1 atom stereocenters. The van der Waals surface area contributed by atoms with Crippen molar-refractivity contribution in [1.82, 2.24) is 15.7 Å². The molecule has 18 heavy (non-hydrogen) atoms. The molecule has 6 nitrogen and oxygen atoms in total. The van der Waals surface area contributed by atoms with Crippen molar-refractivity contribution >= 4 is 28.9 Å². The predicted octanol–water partition coefficient (Wildman–Crippen LogP) is 2.02. The van der Waals surface area contributed by atoms with Gasteiger partial charge in [0.2, 0.25) is 0 Å². The Labute approximate surface area is 112 Å². The molecule has 1 heterocycles. The molecule has 1 aromatic rings. The first kappa shape index (κ1) is 14.2. The summed E-state index contributed by atoms with van der Waals surface area (Å²) in [4.78, 5) is 4.05. The Kier molecular flexibility index (Phi) is 5.86.